The molecule has 2 aliphatic rings. The first kappa shape index (κ1) is 19.1. The summed E-state index contributed by atoms with van der Waals surface area (Å²) in [5.74, 6) is 1.07. The molecule has 2 aliphatic heterocycles. The lowest BCUT2D eigenvalue weighted by Gasteiger charge is -2.41. The molecule has 0 N–H and O–H groups in total. The number of piperidine rings is 1. The first-order valence-corrected chi connectivity index (χ1v) is 9.51. The molecule has 8 heteroatoms. The zero-order valence-electron chi connectivity index (χ0n) is 15.9. The third kappa shape index (κ3) is 4.01. The molecule has 0 aromatic carbocycles. The Bertz CT molecular complexity index is 673. The van der Waals surface area contributed by atoms with Gasteiger partial charge in [0, 0.05) is 40.3 Å². The Morgan fingerprint density at radius 1 is 1.08 bits per heavy atom. The van der Waals surface area contributed by atoms with Crippen LogP contribution in [0.2, 0.25) is 0 Å². The van der Waals surface area contributed by atoms with Gasteiger partial charge in [0.25, 0.3) is 0 Å². The summed E-state index contributed by atoms with van der Waals surface area (Å²) in [6, 6.07) is 0. The summed E-state index contributed by atoms with van der Waals surface area (Å²) < 4.78 is 13.4. The molecular weight excluding hydrogens is 336 g/mol. The minimum absolute atomic E-state index is 0.0266. The van der Waals surface area contributed by atoms with Gasteiger partial charge in [-0.2, -0.15) is 5.10 Å². The van der Waals surface area contributed by atoms with Crippen LogP contribution in [0.4, 0.5) is 0 Å². The Morgan fingerprint density at radius 2 is 1.77 bits per heavy atom. The Morgan fingerprint density at radius 3 is 2.46 bits per heavy atom. The number of hydrogen-bond acceptors (Lipinski definition) is 5. The van der Waals surface area contributed by atoms with E-state index in [9.17, 15) is 9.59 Å². The Kier molecular flexibility index (Phi) is 6.13. The average Bonchev–Trinajstić information content (AvgIpc) is 2.85. The molecule has 0 bridgehead atoms. The van der Waals surface area contributed by atoms with E-state index in [1.165, 1.54) is 4.68 Å². The molecule has 1 fully saturated rings. The van der Waals surface area contributed by atoms with Crippen molar-refractivity contribution < 1.29 is 14.3 Å². The van der Waals surface area contributed by atoms with Crippen molar-refractivity contribution in [2.45, 2.75) is 51.6 Å². The number of carbonyl (C=O) groups is 1. The highest BCUT2D eigenvalue weighted by atomic mass is 16.5. The number of likely N-dealkylation sites (tertiary alicyclic amines) is 1. The van der Waals surface area contributed by atoms with Gasteiger partial charge in [-0.15, -0.1) is 0 Å². The molecule has 146 valence electrons. The zero-order chi connectivity index (χ0) is 18.6. The van der Waals surface area contributed by atoms with Crippen LogP contribution in [0.5, 0.6) is 0 Å². The molecule has 3 heterocycles. The van der Waals surface area contributed by atoms with Crippen LogP contribution in [0.1, 0.15) is 37.9 Å². The van der Waals surface area contributed by atoms with E-state index in [1.54, 1.807) is 14.2 Å². The van der Waals surface area contributed by atoms with E-state index < -0.39 is 0 Å². The van der Waals surface area contributed by atoms with Gasteiger partial charge in [-0.3, -0.25) is 9.36 Å². The summed E-state index contributed by atoms with van der Waals surface area (Å²) in [6.45, 7) is 3.81. The number of aryl methyl sites for hydroxylation is 1. The van der Waals surface area contributed by atoms with E-state index in [4.69, 9.17) is 9.47 Å². The van der Waals surface area contributed by atoms with Gasteiger partial charge < -0.3 is 14.4 Å². The van der Waals surface area contributed by atoms with E-state index in [-0.39, 0.29) is 17.0 Å². The molecule has 1 aromatic rings. The van der Waals surface area contributed by atoms with Crippen LogP contribution in [-0.4, -0.2) is 65.7 Å². The van der Waals surface area contributed by atoms with Crippen LogP contribution in [-0.2, 0) is 33.8 Å². The Hall–Kier alpha value is -1.67. The molecule has 3 rings (SSSR count). The quantitative estimate of drug-likeness (QED) is 0.740. The highest BCUT2D eigenvalue weighted by molar-refractivity contribution is 5.76. The van der Waals surface area contributed by atoms with E-state index in [2.05, 4.69) is 5.10 Å². The van der Waals surface area contributed by atoms with Crippen molar-refractivity contribution in [3.8, 4) is 0 Å². The van der Waals surface area contributed by atoms with Crippen LogP contribution >= 0.6 is 0 Å². The fourth-order valence-corrected chi connectivity index (χ4v) is 4.15. The van der Waals surface area contributed by atoms with Crippen molar-refractivity contribution in [2.75, 3.05) is 40.5 Å². The minimum atomic E-state index is -0.0266. The fraction of sp³-hybridized carbons (Fsp3) is 0.833. The fourth-order valence-electron chi connectivity index (χ4n) is 4.15. The molecule has 1 aromatic heterocycles. The van der Waals surface area contributed by atoms with E-state index in [1.807, 2.05) is 9.47 Å². The molecule has 0 aliphatic carbocycles. The summed E-state index contributed by atoms with van der Waals surface area (Å²) in [5.41, 5.74) is 0.198. The second kappa shape index (κ2) is 8.35. The highest BCUT2D eigenvalue weighted by Crippen LogP contribution is 2.41. The van der Waals surface area contributed by atoms with Gasteiger partial charge >= 0.3 is 5.69 Å². The first-order chi connectivity index (χ1) is 12.6. The number of ether oxygens (including phenoxy) is 2. The third-order valence-corrected chi connectivity index (χ3v) is 5.95. The molecule has 0 saturated carbocycles. The maximum Gasteiger partial charge on any atom is 0.345 e. The highest BCUT2D eigenvalue weighted by Gasteiger charge is 2.37. The van der Waals surface area contributed by atoms with Crippen LogP contribution in [0.25, 0.3) is 0 Å². The standard InChI is InChI=1S/C18H30N4O4/c1-25-13-4-16(23)20-9-6-18(7-10-20)5-3-15-19-22(12-14-26-2)17(24)21(15)11-8-18/h3-14H2,1-2H3. The molecule has 0 unspecified atom stereocenters. The summed E-state index contributed by atoms with van der Waals surface area (Å²) in [7, 11) is 3.25. The number of rotatable bonds is 6. The Balaban J connectivity index is 1.60. The van der Waals surface area contributed by atoms with E-state index in [0.717, 1.165) is 57.6 Å². The summed E-state index contributed by atoms with van der Waals surface area (Å²) >= 11 is 0. The van der Waals surface area contributed by atoms with Gasteiger partial charge in [0.2, 0.25) is 5.91 Å². The first-order valence-electron chi connectivity index (χ1n) is 9.51. The number of aromatic nitrogens is 3. The molecule has 8 nitrogen and oxygen atoms in total. The molecule has 26 heavy (non-hydrogen) atoms. The van der Waals surface area contributed by atoms with Crippen LogP contribution in [0.3, 0.4) is 0 Å². The van der Waals surface area contributed by atoms with Gasteiger partial charge in [0.05, 0.1) is 26.2 Å². The van der Waals surface area contributed by atoms with Crippen LogP contribution in [0.15, 0.2) is 4.79 Å². The largest absolute Gasteiger partial charge is 0.384 e. The smallest absolute Gasteiger partial charge is 0.345 e. The van der Waals surface area contributed by atoms with Crippen LogP contribution < -0.4 is 5.69 Å². The van der Waals surface area contributed by atoms with Gasteiger partial charge in [-0.1, -0.05) is 0 Å². The van der Waals surface area contributed by atoms with Crippen molar-refractivity contribution in [3.63, 3.8) is 0 Å². The maximum atomic E-state index is 12.5. The van der Waals surface area contributed by atoms with Crippen molar-refractivity contribution in [3.05, 3.63) is 16.3 Å². The van der Waals surface area contributed by atoms with E-state index >= 15 is 0 Å². The molecule has 0 radical (unpaired) electrons. The summed E-state index contributed by atoms with van der Waals surface area (Å²) in [4.78, 5) is 26.7. The predicted octanol–water partition coefficient (Wildman–Crippen LogP) is 0.673. The lowest BCUT2D eigenvalue weighted by Crippen LogP contribution is -2.43. The van der Waals surface area contributed by atoms with Crippen molar-refractivity contribution in [1.29, 1.82) is 0 Å². The molecule has 1 spiro atoms. The number of hydrogen-bond donors (Lipinski definition) is 0. The van der Waals surface area contributed by atoms with Crippen LogP contribution in [0, 0.1) is 5.41 Å². The predicted molar refractivity (Wildman–Crippen MR) is 96.0 cm³/mol. The number of nitrogens with zero attached hydrogens (tertiary/aromatic N) is 4. The summed E-state index contributed by atoms with van der Waals surface area (Å²) in [5, 5.41) is 4.51. The monoisotopic (exact) mass is 366 g/mol. The summed E-state index contributed by atoms with van der Waals surface area (Å²) in [6.07, 6.45) is 5.32. The van der Waals surface area contributed by atoms with Crippen molar-refractivity contribution >= 4 is 5.91 Å². The lowest BCUT2D eigenvalue weighted by atomic mass is 9.72. The zero-order valence-corrected chi connectivity index (χ0v) is 15.9. The third-order valence-electron chi connectivity index (χ3n) is 5.95. The topological polar surface area (TPSA) is 78.6 Å². The number of fused-ring (bicyclic) bond motifs is 1. The van der Waals surface area contributed by atoms with Gasteiger partial charge in [0.15, 0.2) is 0 Å². The maximum absolute atomic E-state index is 12.5. The average molecular weight is 366 g/mol. The molecule has 1 amide bonds. The normalized spacial score (nSPS) is 19.4. The van der Waals surface area contributed by atoms with Gasteiger partial charge in [-0.25, -0.2) is 9.48 Å². The number of amides is 1. The second-order valence-electron chi connectivity index (χ2n) is 7.44. The lowest BCUT2D eigenvalue weighted by molar-refractivity contribution is -0.134. The molecule has 1 saturated heterocycles. The van der Waals surface area contributed by atoms with Gasteiger partial charge in [-0.05, 0) is 31.1 Å². The minimum Gasteiger partial charge on any atom is -0.384 e. The van der Waals surface area contributed by atoms with Crippen molar-refractivity contribution in [1.82, 2.24) is 19.2 Å². The number of carbonyl (C=O) groups excluding carboxylic acids is 1. The van der Waals surface area contributed by atoms with Crippen molar-refractivity contribution in [2.24, 2.45) is 5.41 Å². The Labute approximate surface area is 154 Å². The second-order valence-corrected chi connectivity index (χ2v) is 7.44. The van der Waals surface area contributed by atoms with E-state index in [0.29, 0.717) is 26.2 Å². The SMILES string of the molecule is COCCC(=O)N1CCC2(CCc3nn(CCOC)c(=O)n3CC2)CC1. The molecule has 0 atom stereocenters. The van der Waals surface area contributed by atoms with Gasteiger partial charge in [0.1, 0.15) is 5.82 Å². The molecular formula is C18H30N4O4. The number of methoxy groups -OCH3 is 2.